The summed E-state index contributed by atoms with van der Waals surface area (Å²) in [6.07, 6.45) is 3.10. The molecule has 3 nitrogen and oxygen atoms in total. The topological polar surface area (TPSA) is 35.3 Å². The van der Waals surface area contributed by atoms with Crippen molar-refractivity contribution in [3.05, 3.63) is 79.2 Å². The molecule has 1 heterocycles. The van der Waals surface area contributed by atoms with Crippen molar-refractivity contribution in [2.75, 3.05) is 0 Å². The molecule has 0 saturated heterocycles. The summed E-state index contributed by atoms with van der Waals surface area (Å²) in [7, 11) is 0. The van der Waals surface area contributed by atoms with Gasteiger partial charge in [-0.25, -0.2) is 0 Å². The average molecular weight is 239 g/mol. The van der Waals surface area contributed by atoms with Crippen LogP contribution in [0.5, 0.6) is 11.5 Å². The molecular formula is C15H13NO2. The second-order valence-electron chi connectivity index (χ2n) is 3.42. The van der Waals surface area contributed by atoms with Crippen molar-refractivity contribution in [2.45, 2.75) is 0 Å². The maximum atomic E-state index is 5.58. The number of rotatable bonds is 2. The van der Waals surface area contributed by atoms with Crippen LogP contribution in [0.4, 0.5) is 0 Å². The van der Waals surface area contributed by atoms with E-state index in [9.17, 15) is 0 Å². The minimum atomic E-state index is 0.869. The zero-order valence-corrected chi connectivity index (χ0v) is 9.77. The second-order valence-corrected chi connectivity index (χ2v) is 3.42. The smallest absolute Gasteiger partial charge is 0.127 e. The van der Waals surface area contributed by atoms with Crippen LogP contribution in [0.3, 0.4) is 0 Å². The van der Waals surface area contributed by atoms with Gasteiger partial charge in [0.1, 0.15) is 17.8 Å². The van der Waals surface area contributed by atoms with Crippen LogP contribution in [0.2, 0.25) is 0 Å². The largest absolute Gasteiger partial charge is 0.457 e. The van der Waals surface area contributed by atoms with Crippen molar-refractivity contribution < 1.29 is 9.26 Å². The number of ether oxygens (including phenoxy) is 1. The number of para-hydroxylation sites is 2. The number of aromatic nitrogens is 1. The minimum absolute atomic E-state index is 0.869. The summed E-state index contributed by atoms with van der Waals surface area (Å²) < 4.78 is 9.91. The van der Waals surface area contributed by atoms with Crippen molar-refractivity contribution >= 4 is 0 Å². The van der Waals surface area contributed by atoms with Crippen LogP contribution in [-0.2, 0) is 0 Å². The Bertz CT molecular complexity index is 466. The van der Waals surface area contributed by atoms with Gasteiger partial charge in [-0.15, -0.1) is 0 Å². The van der Waals surface area contributed by atoms with E-state index in [0.717, 1.165) is 11.5 Å². The maximum absolute atomic E-state index is 5.58. The number of hydrogen-bond donors (Lipinski definition) is 0. The van der Waals surface area contributed by atoms with E-state index >= 15 is 0 Å². The lowest BCUT2D eigenvalue weighted by molar-refractivity contribution is 0.420. The molecule has 0 aliphatic heterocycles. The molecule has 0 spiro atoms. The van der Waals surface area contributed by atoms with Gasteiger partial charge < -0.3 is 9.26 Å². The molecule has 0 unspecified atom stereocenters. The fraction of sp³-hybridized carbons (Fsp3) is 0. The minimum Gasteiger partial charge on any atom is -0.457 e. The Balaban J connectivity index is 0.000000202. The van der Waals surface area contributed by atoms with Crippen LogP contribution in [0.15, 0.2) is 83.7 Å². The molecule has 18 heavy (non-hydrogen) atoms. The van der Waals surface area contributed by atoms with Crippen LogP contribution in [0.1, 0.15) is 0 Å². The van der Waals surface area contributed by atoms with E-state index in [-0.39, 0.29) is 0 Å². The predicted molar refractivity (Wildman–Crippen MR) is 69.5 cm³/mol. The molecule has 1 aromatic heterocycles. The molecule has 3 heteroatoms. The Labute approximate surface area is 106 Å². The number of hydrogen-bond acceptors (Lipinski definition) is 3. The van der Waals surface area contributed by atoms with E-state index in [4.69, 9.17) is 4.74 Å². The Morgan fingerprint density at radius 1 is 0.722 bits per heavy atom. The van der Waals surface area contributed by atoms with Gasteiger partial charge in [0.15, 0.2) is 0 Å². The van der Waals surface area contributed by atoms with Gasteiger partial charge in [0, 0.05) is 0 Å². The molecule has 3 rings (SSSR count). The van der Waals surface area contributed by atoms with Crippen LogP contribution >= 0.6 is 0 Å². The molecule has 2 aromatic carbocycles. The predicted octanol–water partition coefficient (Wildman–Crippen LogP) is 4.15. The fourth-order valence-electron chi connectivity index (χ4n) is 1.29. The van der Waals surface area contributed by atoms with E-state index in [0.29, 0.717) is 0 Å². The summed E-state index contributed by atoms with van der Waals surface area (Å²) in [4.78, 5) is 0. The molecule has 0 N–H and O–H groups in total. The first-order valence-corrected chi connectivity index (χ1v) is 5.57. The lowest BCUT2D eigenvalue weighted by atomic mass is 10.3. The molecule has 0 fully saturated rings. The lowest BCUT2D eigenvalue weighted by Crippen LogP contribution is -1.81. The van der Waals surface area contributed by atoms with Gasteiger partial charge >= 0.3 is 0 Å². The first-order chi connectivity index (χ1) is 8.95. The van der Waals surface area contributed by atoms with Crippen molar-refractivity contribution in [1.82, 2.24) is 5.16 Å². The standard InChI is InChI=1S/C12H10O.C3H3NO/c1-3-7-11(8-4-1)13-12-9-5-2-6-10-12;1-2-4-5-3-1/h1-10H;1-3H. The summed E-state index contributed by atoms with van der Waals surface area (Å²) >= 11 is 0. The summed E-state index contributed by atoms with van der Waals surface area (Å²) in [6.45, 7) is 0. The van der Waals surface area contributed by atoms with Gasteiger partial charge in [-0.2, -0.15) is 0 Å². The highest BCUT2D eigenvalue weighted by Crippen LogP contribution is 2.19. The highest BCUT2D eigenvalue weighted by atomic mass is 16.5. The van der Waals surface area contributed by atoms with Gasteiger partial charge in [0.25, 0.3) is 0 Å². The molecule has 0 radical (unpaired) electrons. The molecule has 0 aliphatic carbocycles. The monoisotopic (exact) mass is 239 g/mol. The first-order valence-electron chi connectivity index (χ1n) is 5.57. The molecule has 0 atom stereocenters. The van der Waals surface area contributed by atoms with Crippen LogP contribution in [0.25, 0.3) is 0 Å². The van der Waals surface area contributed by atoms with Crippen LogP contribution in [0, 0.1) is 0 Å². The molecule has 0 saturated carbocycles. The molecule has 3 aromatic rings. The Morgan fingerprint density at radius 3 is 1.61 bits per heavy atom. The highest BCUT2D eigenvalue weighted by molar-refractivity contribution is 5.30. The summed E-state index contributed by atoms with van der Waals surface area (Å²) in [5.74, 6) is 1.74. The third kappa shape index (κ3) is 4.14. The fourth-order valence-corrected chi connectivity index (χ4v) is 1.29. The van der Waals surface area contributed by atoms with Crippen LogP contribution < -0.4 is 4.74 Å². The number of nitrogens with zero attached hydrogens (tertiary/aromatic N) is 1. The summed E-state index contributed by atoms with van der Waals surface area (Å²) in [5.41, 5.74) is 0. The number of benzene rings is 2. The second kappa shape index (κ2) is 6.91. The molecule has 90 valence electrons. The van der Waals surface area contributed by atoms with E-state index in [1.165, 1.54) is 6.26 Å². The molecule has 0 amide bonds. The van der Waals surface area contributed by atoms with Gasteiger partial charge in [0.2, 0.25) is 0 Å². The van der Waals surface area contributed by atoms with E-state index in [1.807, 2.05) is 60.7 Å². The van der Waals surface area contributed by atoms with E-state index in [1.54, 1.807) is 12.3 Å². The SMILES string of the molecule is c1ccc(Oc2ccccc2)cc1.c1cnoc1. The Hall–Kier alpha value is -2.55. The van der Waals surface area contributed by atoms with E-state index < -0.39 is 0 Å². The van der Waals surface area contributed by atoms with E-state index in [2.05, 4.69) is 9.68 Å². The third-order valence-corrected chi connectivity index (χ3v) is 2.07. The van der Waals surface area contributed by atoms with Gasteiger partial charge in [0.05, 0.1) is 6.20 Å². The summed E-state index contributed by atoms with van der Waals surface area (Å²) in [6, 6.07) is 21.2. The first kappa shape index (κ1) is 11.9. The third-order valence-electron chi connectivity index (χ3n) is 2.07. The maximum Gasteiger partial charge on any atom is 0.127 e. The molecular weight excluding hydrogens is 226 g/mol. The Kier molecular flexibility index (Phi) is 4.58. The normalized spacial score (nSPS) is 9.11. The van der Waals surface area contributed by atoms with Crippen molar-refractivity contribution in [3.8, 4) is 11.5 Å². The summed E-state index contributed by atoms with van der Waals surface area (Å²) in [5, 5.41) is 3.35. The van der Waals surface area contributed by atoms with Gasteiger partial charge in [-0.1, -0.05) is 41.6 Å². The van der Waals surface area contributed by atoms with Gasteiger partial charge in [-0.3, -0.25) is 0 Å². The van der Waals surface area contributed by atoms with Gasteiger partial charge in [-0.05, 0) is 30.3 Å². The lowest BCUT2D eigenvalue weighted by Gasteiger charge is -2.03. The zero-order chi connectivity index (χ0) is 12.5. The Morgan fingerprint density at radius 2 is 1.28 bits per heavy atom. The quantitative estimate of drug-likeness (QED) is 0.673. The van der Waals surface area contributed by atoms with Crippen molar-refractivity contribution in [3.63, 3.8) is 0 Å². The van der Waals surface area contributed by atoms with Crippen molar-refractivity contribution in [2.24, 2.45) is 0 Å². The van der Waals surface area contributed by atoms with Crippen LogP contribution in [-0.4, -0.2) is 5.16 Å². The molecule has 0 bridgehead atoms. The molecule has 0 aliphatic rings. The van der Waals surface area contributed by atoms with Crippen molar-refractivity contribution in [1.29, 1.82) is 0 Å². The zero-order valence-electron chi connectivity index (χ0n) is 9.77. The highest BCUT2D eigenvalue weighted by Gasteiger charge is 1.92. The average Bonchev–Trinajstić information content (AvgIpc) is 3.00.